The number of hydrogen-bond acceptors (Lipinski definition) is 3. The first-order chi connectivity index (χ1) is 8.72. The van der Waals surface area contributed by atoms with Gasteiger partial charge >= 0.3 is 5.97 Å². The number of terminal acetylenes is 1. The molecule has 0 aromatic rings. The molecule has 1 fully saturated rings. The highest BCUT2D eigenvalue weighted by Crippen LogP contribution is 2.41. The van der Waals surface area contributed by atoms with E-state index in [4.69, 9.17) is 15.9 Å². The Hall–Kier alpha value is -1.08. The molecule has 0 spiro atoms. The Morgan fingerprint density at radius 1 is 1.47 bits per heavy atom. The van der Waals surface area contributed by atoms with Gasteiger partial charge in [0.15, 0.2) is 6.10 Å². The van der Waals surface area contributed by atoms with Crippen LogP contribution in [0.15, 0.2) is 0 Å². The van der Waals surface area contributed by atoms with Crippen LogP contribution in [0.3, 0.4) is 0 Å². The number of hydrogen-bond donors (Lipinski definition) is 0. The second-order valence-corrected chi connectivity index (χ2v) is 5.91. The van der Waals surface area contributed by atoms with Gasteiger partial charge in [0.2, 0.25) is 5.67 Å². The maximum absolute atomic E-state index is 15.0. The molecule has 1 rings (SSSR count). The lowest BCUT2D eigenvalue weighted by molar-refractivity contribution is -0.153. The highest BCUT2D eigenvalue weighted by atomic mass is 19.1. The molecule has 0 N–H and O–H groups in total. The third-order valence-electron chi connectivity index (χ3n) is 3.31. The van der Waals surface area contributed by atoms with Crippen LogP contribution in [0, 0.1) is 24.2 Å². The van der Waals surface area contributed by atoms with Crippen LogP contribution >= 0.6 is 0 Å². The first kappa shape index (κ1) is 16.0. The largest absolute Gasteiger partial charge is 0.455 e. The van der Waals surface area contributed by atoms with E-state index in [1.807, 2.05) is 27.7 Å². The third kappa shape index (κ3) is 3.27. The van der Waals surface area contributed by atoms with E-state index in [2.05, 4.69) is 5.92 Å². The van der Waals surface area contributed by atoms with E-state index in [0.717, 1.165) is 0 Å². The van der Waals surface area contributed by atoms with Gasteiger partial charge in [0, 0.05) is 6.92 Å². The lowest BCUT2D eigenvalue weighted by atomic mass is 9.86. The van der Waals surface area contributed by atoms with Gasteiger partial charge in [-0.15, -0.1) is 6.42 Å². The van der Waals surface area contributed by atoms with Gasteiger partial charge < -0.3 is 9.47 Å². The van der Waals surface area contributed by atoms with Crippen molar-refractivity contribution >= 4 is 5.97 Å². The zero-order valence-corrected chi connectivity index (χ0v) is 12.3. The molecule has 1 aliphatic rings. The molecule has 0 radical (unpaired) electrons. The van der Waals surface area contributed by atoms with Crippen LogP contribution in [-0.4, -0.2) is 29.9 Å². The van der Waals surface area contributed by atoms with E-state index in [0.29, 0.717) is 12.3 Å². The van der Waals surface area contributed by atoms with Crippen LogP contribution in [0.5, 0.6) is 0 Å². The highest BCUT2D eigenvalue weighted by molar-refractivity contribution is 5.66. The fraction of sp³-hybridized carbons (Fsp3) is 0.800. The molecular weight excluding hydrogens is 247 g/mol. The van der Waals surface area contributed by atoms with Gasteiger partial charge in [-0.2, -0.15) is 0 Å². The molecular formula is C15H23FO3. The number of carbonyl (C=O) groups excluding carboxylic acids is 1. The van der Waals surface area contributed by atoms with Gasteiger partial charge in [-0.3, -0.25) is 4.79 Å². The minimum atomic E-state index is -2.06. The Labute approximate surface area is 114 Å². The highest BCUT2D eigenvalue weighted by Gasteiger charge is 2.59. The van der Waals surface area contributed by atoms with E-state index in [1.165, 1.54) is 6.92 Å². The molecule has 0 amide bonds. The molecule has 3 nitrogen and oxygen atoms in total. The van der Waals surface area contributed by atoms with Crippen molar-refractivity contribution in [2.75, 3.05) is 0 Å². The average molecular weight is 270 g/mol. The standard InChI is InChI=1S/C15H23FO3/c1-7-15(16)13(10(4)5)19-12(8-9(2)3)14(15)18-11(6)17/h1,9-10,12-14H,8H2,2-6H3/t12-,13+,14-,15+/m1/s1. The molecule has 19 heavy (non-hydrogen) atoms. The van der Waals surface area contributed by atoms with Crippen LogP contribution in [0.25, 0.3) is 0 Å². The van der Waals surface area contributed by atoms with Crippen LogP contribution in [-0.2, 0) is 14.3 Å². The number of halogens is 1. The summed E-state index contributed by atoms with van der Waals surface area (Å²) >= 11 is 0. The normalized spacial score (nSPS) is 34.6. The van der Waals surface area contributed by atoms with Crippen molar-refractivity contribution in [1.82, 2.24) is 0 Å². The van der Waals surface area contributed by atoms with Gasteiger partial charge in [-0.25, -0.2) is 4.39 Å². The quantitative estimate of drug-likeness (QED) is 0.582. The first-order valence-corrected chi connectivity index (χ1v) is 6.71. The molecule has 1 aliphatic heterocycles. The summed E-state index contributed by atoms with van der Waals surface area (Å²) in [5.74, 6) is 1.84. The summed E-state index contributed by atoms with van der Waals surface area (Å²) in [6.45, 7) is 8.96. The summed E-state index contributed by atoms with van der Waals surface area (Å²) < 4.78 is 25.9. The van der Waals surface area contributed by atoms with E-state index < -0.39 is 29.9 Å². The van der Waals surface area contributed by atoms with E-state index in [-0.39, 0.29) is 5.92 Å². The Kier molecular flexibility index (Phi) is 4.98. The summed E-state index contributed by atoms with van der Waals surface area (Å²) in [4.78, 5) is 11.2. The van der Waals surface area contributed by atoms with Gasteiger partial charge in [-0.1, -0.05) is 33.6 Å². The number of alkyl halides is 1. The molecule has 4 heteroatoms. The third-order valence-corrected chi connectivity index (χ3v) is 3.31. The van der Waals surface area contributed by atoms with E-state index in [1.54, 1.807) is 0 Å². The topological polar surface area (TPSA) is 35.5 Å². The van der Waals surface area contributed by atoms with Crippen molar-refractivity contribution in [2.24, 2.45) is 11.8 Å². The predicted molar refractivity (Wildman–Crippen MR) is 71.2 cm³/mol. The maximum atomic E-state index is 15.0. The summed E-state index contributed by atoms with van der Waals surface area (Å²) in [7, 11) is 0. The van der Waals surface area contributed by atoms with Gasteiger partial charge in [0.1, 0.15) is 6.10 Å². The zero-order valence-electron chi connectivity index (χ0n) is 12.3. The molecule has 0 aromatic carbocycles. The Balaban J connectivity index is 3.07. The number of esters is 1. The van der Waals surface area contributed by atoms with Crippen molar-refractivity contribution in [1.29, 1.82) is 0 Å². The van der Waals surface area contributed by atoms with Gasteiger partial charge in [0.05, 0.1) is 6.10 Å². The molecule has 0 unspecified atom stereocenters. The van der Waals surface area contributed by atoms with Gasteiger partial charge in [0.25, 0.3) is 0 Å². The second-order valence-electron chi connectivity index (χ2n) is 5.91. The Morgan fingerprint density at radius 3 is 2.42 bits per heavy atom. The minimum Gasteiger partial charge on any atom is -0.455 e. The van der Waals surface area contributed by atoms with Crippen LogP contribution < -0.4 is 0 Å². The lowest BCUT2D eigenvalue weighted by Crippen LogP contribution is -2.47. The van der Waals surface area contributed by atoms with Crippen molar-refractivity contribution in [3.8, 4) is 12.3 Å². The van der Waals surface area contributed by atoms with E-state index >= 15 is 4.39 Å². The predicted octanol–water partition coefficient (Wildman–Crippen LogP) is 2.73. The minimum absolute atomic E-state index is 0.0868. The first-order valence-electron chi connectivity index (χ1n) is 6.71. The zero-order chi connectivity index (χ0) is 14.8. The summed E-state index contributed by atoms with van der Waals surface area (Å²) in [5, 5.41) is 0. The SMILES string of the molecule is C#C[C@@]1(F)[C@H](OC(C)=O)[C@@H](CC(C)C)O[C@H]1C(C)C. The van der Waals surface area contributed by atoms with Crippen LogP contribution in [0.2, 0.25) is 0 Å². The van der Waals surface area contributed by atoms with Crippen LogP contribution in [0.1, 0.15) is 41.0 Å². The molecule has 0 bridgehead atoms. The molecule has 0 aliphatic carbocycles. The molecule has 1 saturated heterocycles. The Bertz CT molecular complexity index is 372. The number of ether oxygens (including phenoxy) is 2. The second kappa shape index (κ2) is 5.92. The molecule has 0 aromatic heterocycles. The summed E-state index contributed by atoms with van der Waals surface area (Å²) in [5.41, 5.74) is -2.06. The molecule has 108 valence electrons. The summed E-state index contributed by atoms with van der Waals surface area (Å²) in [6, 6.07) is 0. The molecule has 4 atom stereocenters. The fourth-order valence-corrected chi connectivity index (χ4v) is 2.58. The van der Waals surface area contributed by atoms with Gasteiger partial charge in [-0.05, 0) is 18.3 Å². The number of carbonyl (C=O) groups is 1. The lowest BCUT2D eigenvalue weighted by Gasteiger charge is -2.27. The summed E-state index contributed by atoms with van der Waals surface area (Å²) in [6.07, 6.45) is 3.71. The molecule has 1 heterocycles. The average Bonchev–Trinajstić information content (AvgIpc) is 2.53. The Morgan fingerprint density at radius 2 is 2.05 bits per heavy atom. The monoisotopic (exact) mass is 270 g/mol. The van der Waals surface area contributed by atoms with Crippen molar-refractivity contribution in [2.45, 2.75) is 65.0 Å². The van der Waals surface area contributed by atoms with Crippen molar-refractivity contribution in [3.05, 3.63) is 0 Å². The fourth-order valence-electron chi connectivity index (χ4n) is 2.58. The van der Waals surface area contributed by atoms with Crippen molar-refractivity contribution < 1.29 is 18.7 Å². The maximum Gasteiger partial charge on any atom is 0.303 e. The smallest absolute Gasteiger partial charge is 0.303 e. The molecule has 0 saturated carbocycles. The van der Waals surface area contributed by atoms with Crippen molar-refractivity contribution in [3.63, 3.8) is 0 Å². The van der Waals surface area contributed by atoms with Crippen LogP contribution in [0.4, 0.5) is 4.39 Å². The van der Waals surface area contributed by atoms with E-state index in [9.17, 15) is 4.79 Å². The number of rotatable bonds is 4.